The van der Waals surface area contributed by atoms with Gasteiger partial charge in [0, 0.05) is 25.4 Å². The summed E-state index contributed by atoms with van der Waals surface area (Å²) in [5, 5.41) is 11.8. The highest BCUT2D eigenvalue weighted by atomic mass is 16.6. The van der Waals surface area contributed by atoms with Crippen molar-refractivity contribution < 1.29 is 19.4 Å². The van der Waals surface area contributed by atoms with Crippen molar-refractivity contribution in [3.05, 3.63) is 30.1 Å². The quantitative estimate of drug-likeness (QED) is 0.836. The fourth-order valence-electron chi connectivity index (χ4n) is 2.77. The third-order valence-electron chi connectivity index (χ3n) is 3.73. The van der Waals surface area contributed by atoms with Gasteiger partial charge in [-0.05, 0) is 51.3 Å². The van der Waals surface area contributed by atoms with Crippen LogP contribution in [-0.4, -0.2) is 39.6 Å². The molecule has 1 aromatic rings. The minimum absolute atomic E-state index is 0.192. The smallest absolute Gasteiger partial charge is 0.411 e. The van der Waals surface area contributed by atoms with Crippen molar-refractivity contribution in [1.29, 1.82) is 0 Å². The fraction of sp³-hybridized carbons (Fsp3) is 0.562. The SMILES string of the molecule is CC(C)(C)OC(=O)N1CCC[C@]1(Cc1ccncc1)C(=O)[O-]. The zero-order chi connectivity index (χ0) is 16.4. The van der Waals surface area contributed by atoms with Gasteiger partial charge in [0.05, 0.1) is 11.5 Å². The molecule has 0 bridgehead atoms. The number of carboxylic acid groups (broad SMARTS) is 1. The van der Waals surface area contributed by atoms with Crippen LogP contribution in [0.3, 0.4) is 0 Å². The number of nitrogens with zero attached hydrogens (tertiary/aromatic N) is 2. The van der Waals surface area contributed by atoms with E-state index in [2.05, 4.69) is 4.98 Å². The fourth-order valence-corrected chi connectivity index (χ4v) is 2.77. The maximum Gasteiger partial charge on any atom is 0.411 e. The molecule has 0 spiro atoms. The Balaban J connectivity index is 2.28. The van der Waals surface area contributed by atoms with Gasteiger partial charge in [-0.3, -0.25) is 9.88 Å². The van der Waals surface area contributed by atoms with Crippen molar-refractivity contribution in [2.45, 2.75) is 51.2 Å². The number of ether oxygens (including phenoxy) is 1. The molecule has 1 saturated heterocycles. The summed E-state index contributed by atoms with van der Waals surface area (Å²) in [4.78, 5) is 29.4. The Hall–Kier alpha value is -2.11. The number of carboxylic acids is 1. The molecule has 0 aromatic carbocycles. The van der Waals surface area contributed by atoms with Gasteiger partial charge in [-0.1, -0.05) is 0 Å². The molecule has 1 aliphatic rings. The van der Waals surface area contributed by atoms with Crippen LogP contribution < -0.4 is 5.11 Å². The van der Waals surface area contributed by atoms with Crippen LogP contribution in [0.1, 0.15) is 39.2 Å². The number of pyridine rings is 1. The molecule has 0 aliphatic carbocycles. The van der Waals surface area contributed by atoms with Gasteiger partial charge in [0.1, 0.15) is 5.60 Å². The van der Waals surface area contributed by atoms with Crippen LogP contribution in [-0.2, 0) is 16.0 Å². The first kappa shape index (κ1) is 16.3. The van der Waals surface area contributed by atoms with E-state index < -0.39 is 23.2 Å². The molecule has 1 fully saturated rings. The van der Waals surface area contributed by atoms with Crippen molar-refractivity contribution in [2.24, 2.45) is 0 Å². The minimum Gasteiger partial charge on any atom is -0.548 e. The molecule has 2 heterocycles. The zero-order valence-corrected chi connectivity index (χ0v) is 13.2. The minimum atomic E-state index is -1.36. The Kier molecular flexibility index (Phi) is 4.39. The summed E-state index contributed by atoms with van der Waals surface area (Å²) in [6, 6.07) is 3.49. The van der Waals surface area contributed by atoms with Gasteiger partial charge >= 0.3 is 6.09 Å². The maximum atomic E-state index is 12.4. The largest absolute Gasteiger partial charge is 0.548 e. The second kappa shape index (κ2) is 5.94. The van der Waals surface area contributed by atoms with Crippen molar-refractivity contribution in [2.75, 3.05) is 6.54 Å². The van der Waals surface area contributed by atoms with E-state index in [4.69, 9.17) is 4.74 Å². The van der Waals surface area contributed by atoms with Crippen molar-refractivity contribution in [1.82, 2.24) is 9.88 Å². The molecule has 6 heteroatoms. The van der Waals surface area contributed by atoms with Gasteiger partial charge in [-0.25, -0.2) is 4.79 Å². The van der Waals surface area contributed by atoms with Crippen molar-refractivity contribution in [3.8, 4) is 0 Å². The number of amides is 1. The Labute approximate surface area is 130 Å². The number of rotatable bonds is 3. The lowest BCUT2D eigenvalue weighted by Gasteiger charge is -2.40. The Morgan fingerprint density at radius 1 is 1.36 bits per heavy atom. The highest BCUT2D eigenvalue weighted by molar-refractivity contribution is 5.84. The van der Waals surface area contributed by atoms with E-state index in [1.807, 2.05) is 0 Å². The first-order valence-corrected chi connectivity index (χ1v) is 7.36. The third kappa shape index (κ3) is 3.37. The standard InChI is InChI=1S/C16H22N2O4/c1-15(2,3)22-14(21)18-10-4-7-16(18,13(19)20)11-12-5-8-17-9-6-12/h5-6,8-9H,4,7,10-11H2,1-3H3,(H,19,20)/p-1/t16-/m0/s1. The summed E-state index contributed by atoms with van der Waals surface area (Å²) in [6.07, 6.45) is 3.76. The Morgan fingerprint density at radius 3 is 2.55 bits per heavy atom. The molecule has 0 saturated carbocycles. The molecule has 0 radical (unpaired) electrons. The summed E-state index contributed by atoms with van der Waals surface area (Å²) < 4.78 is 5.35. The van der Waals surface area contributed by atoms with Crippen LogP contribution in [0.5, 0.6) is 0 Å². The van der Waals surface area contributed by atoms with E-state index in [9.17, 15) is 14.7 Å². The van der Waals surface area contributed by atoms with Gasteiger partial charge in [-0.15, -0.1) is 0 Å². The van der Waals surface area contributed by atoms with E-state index in [1.54, 1.807) is 45.3 Å². The van der Waals surface area contributed by atoms with Crippen molar-refractivity contribution in [3.63, 3.8) is 0 Å². The maximum absolute atomic E-state index is 12.4. The first-order valence-electron chi connectivity index (χ1n) is 7.36. The first-order chi connectivity index (χ1) is 10.2. The summed E-state index contributed by atoms with van der Waals surface area (Å²) in [6.45, 7) is 5.62. The molecule has 1 aromatic heterocycles. The molecule has 22 heavy (non-hydrogen) atoms. The third-order valence-corrected chi connectivity index (χ3v) is 3.73. The molecule has 1 amide bonds. The van der Waals surface area contributed by atoms with E-state index >= 15 is 0 Å². The summed E-state index contributed by atoms with van der Waals surface area (Å²) in [7, 11) is 0. The predicted octanol–water partition coefficient (Wildman–Crippen LogP) is 1.14. The zero-order valence-electron chi connectivity index (χ0n) is 13.2. The molecule has 0 unspecified atom stereocenters. The Bertz CT molecular complexity index is 553. The number of hydrogen-bond acceptors (Lipinski definition) is 5. The van der Waals surface area contributed by atoms with E-state index in [1.165, 1.54) is 4.90 Å². The number of carbonyl (C=O) groups excluding carboxylic acids is 2. The molecular weight excluding hydrogens is 284 g/mol. The normalized spacial score (nSPS) is 21.7. The van der Waals surface area contributed by atoms with Gasteiger partial charge < -0.3 is 14.6 Å². The molecule has 1 aliphatic heterocycles. The number of carbonyl (C=O) groups is 2. The lowest BCUT2D eigenvalue weighted by atomic mass is 9.88. The number of hydrogen-bond donors (Lipinski definition) is 0. The molecule has 1 atom stereocenters. The van der Waals surface area contributed by atoms with Gasteiger partial charge in [-0.2, -0.15) is 0 Å². The van der Waals surface area contributed by atoms with Crippen LogP contribution >= 0.6 is 0 Å². The molecule has 0 N–H and O–H groups in total. The number of likely N-dealkylation sites (tertiary alicyclic amines) is 1. The lowest BCUT2D eigenvalue weighted by molar-refractivity contribution is -0.317. The molecule has 2 rings (SSSR count). The highest BCUT2D eigenvalue weighted by Gasteiger charge is 2.46. The summed E-state index contributed by atoms with van der Waals surface area (Å²) in [5.41, 5.74) is -1.23. The summed E-state index contributed by atoms with van der Waals surface area (Å²) in [5.74, 6) is -1.24. The Morgan fingerprint density at radius 2 is 2.00 bits per heavy atom. The van der Waals surface area contributed by atoms with E-state index in [-0.39, 0.29) is 6.42 Å². The number of aromatic nitrogens is 1. The highest BCUT2D eigenvalue weighted by Crippen LogP contribution is 2.33. The topological polar surface area (TPSA) is 82.6 Å². The second-order valence-electron chi connectivity index (χ2n) is 6.59. The van der Waals surface area contributed by atoms with E-state index in [0.717, 1.165) is 5.56 Å². The van der Waals surface area contributed by atoms with Crippen LogP contribution in [0.15, 0.2) is 24.5 Å². The second-order valence-corrected chi connectivity index (χ2v) is 6.59. The average Bonchev–Trinajstić information content (AvgIpc) is 2.83. The van der Waals surface area contributed by atoms with Crippen LogP contribution in [0.25, 0.3) is 0 Å². The molecule has 120 valence electrons. The van der Waals surface area contributed by atoms with Gasteiger partial charge in [0.15, 0.2) is 0 Å². The molecular formula is C16H21N2O4-. The lowest BCUT2D eigenvalue weighted by Crippen LogP contribution is -2.60. The van der Waals surface area contributed by atoms with Crippen molar-refractivity contribution >= 4 is 12.1 Å². The van der Waals surface area contributed by atoms with Crippen LogP contribution in [0.4, 0.5) is 4.79 Å². The van der Waals surface area contributed by atoms with Crippen LogP contribution in [0.2, 0.25) is 0 Å². The van der Waals surface area contributed by atoms with Crippen LogP contribution in [0, 0.1) is 0 Å². The van der Waals surface area contributed by atoms with E-state index in [0.29, 0.717) is 19.4 Å². The summed E-state index contributed by atoms with van der Waals surface area (Å²) >= 11 is 0. The van der Waals surface area contributed by atoms with Gasteiger partial charge in [0.25, 0.3) is 0 Å². The van der Waals surface area contributed by atoms with Gasteiger partial charge in [0.2, 0.25) is 0 Å². The monoisotopic (exact) mass is 305 g/mol. The average molecular weight is 305 g/mol. The molecule has 6 nitrogen and oxygen atoms in total. The predicted molar refractivity (Wildman–Crippen MR) is 77.9 cm³/mol. The number of aliphatic carboxylic acids is 1.